The molecule has 0 aromatic heterocycles. The van der Waals surface area contributed by atoms with Crippen LogP contribution in [0.4, 0.5) is 4.79 Å². The van der Waals surface area contributed by atoms with E-state index in [1.165, 1.54) is 0 Å². The minimum atomic E-state index is -0.776. The largest absolute Gasteiger partial charge is 0.509 e. The molecule has 1 unspecified atom stereocenters. The molecule has 0 aliphatic rings. The van der Waals surface area contributed by atoms with E-state index < -0.39 is 12.3 Å². The highest BCUT2D eigenvalue weighted by molar-refractivity contribution is 6.17. The molecule has 0 radical (unpaired) electrons. The molecule has 0 aliphatic heterocycles. The Morgan fingerprint density at radius 1 is 1.47 bits per heavy atom. The molecule has 4 nitrogen and oxygen atoms in total. The SMILES string of the molecule is CCOC(=O)OC(C#N)CCCCCCl. The molecule has 0 aromatic carbocycles. The van der Waals surface area contributed by atoms with Gasteiger partial charge < -0.3 is 9.47 Å². The first-order valence-electron chi connectivity index (χ1n) is 5.03. The van der Waals surface area contributed by atoms with Crippen molar-refractivity contribution in [3.05, 3.63) is 0 Å². The van der Waals surface area contributed by atoms with E-state index in [1.54, 1.807) is 6.92 Å². The Balaban J connectivity index is 3.64. The van der Waals surface area contributed by atoms with E-state index in [0.29, 0.717) is 12.3 Å². The maximum atomic E-state index is 10.9. The summed E-state index contributed by atoms with van der Waals surface area (Å²) in [5.74, 6) is 0.621. The average Bonchev–Trinajstić information content (AvgIpc) is 2.23. The zero-order valence-corrected chi connectivity index (χ0v) is 9.63. The number of nitriles is 1. The highest BCUT2D eigenvalue weighted by Gasteiger charge is 2.13. The number of hydrogen-bond donors (Lipinski definition) is 0. The van der Waals surface area contributed by atoms with Crippen LogP contribution >= 0.6 is 11.6 Å². The second kappa shape index (κ2) is 9.60. The van der Waals surface area contributed by atoms with E-state index >= 15 is 0 Å². The van der Waals surface area contributed by atoms with Gasteiger partial charge in [0.15, 0.2) is 6.10 Å². The van der Waals surface area contributed by atoms with Crippen LogP contribution in [0, 0.1) is 11.3 Å². The monoisotopic (exact) mass is 233 g/mol. The summed E-state index contributed by atoms with van der Waals surface area (Å²) in [7, 11) is 0. The Hall–Kier alpha value is -0.950. The Morgan fingerprint density at radius 3 is 2.73 bits per heavy atom. The van der Waals surface area contributed by atoms with Crippen molar-refractivity contribution in [3.8, 4) is 6.07 Å². The minimum absolute atomic E-state index is 0.253. The van der Waals surface area contributed by atoms with Gasteiger partial charge in [-0.3, -0.25) is 0 Å². The lowest BCUT2D eigenvalue weighted by Crippen LogP contribution is -2.17. The Morgan fingerprint density at radius 2 is 2.20 bits per heavy atom. The Labute approximate surface area is 95.1 Å². The highest BCUT2D eigenvalue weighted by atomic mass is 35.5. The van der Waals surface area contributed by atoms with Crippen molar-refractivity contribution in [2.75, 3.05) is 12.5 Å². The van der Waals surface area contributed by atoms with Gasteiger partial charge in [0.1, 0.15) is 6.07 Å². The molecule has 0 fully saturated rings. The van der Waals surface area contributed by atoms with Gasteiger partial charge in [-0.05, 0) is 26.2 Å². The van der Waals surface area contributed by atoms with Crippen LogP contribution in [-0.4, -0.2) is 24.7 Å². The van der Waals surface area contributed by atoms with Crippen LogP contribution in [0.3, 0.4) is 0 Å². The maximum Gasteiger partial charge on any atom is 0.509 e. The van der Waals surface area contributed by atoms with Gasteiger partial charge in [-0.1, -0.05) is 6.42 Å². The van der Waals surface area contributed by atoms with Crippen LogP contribution in [0.15, 0.2) is 0 Å². The van der Waals surface area contributed by atoms with Crippen molar-refractivity contribution < 1.29 is 14.3 Å². The van der Waals surface area contributed by atoms with Gasteiger partial charge in [0.05, 0.1) is 6.61 Å². The molecular formula is C10H16ClNO3. The number of unbranched alkanes of at least 4 members (excludes halogenated alkanes) is 2. The summed E-state index contributed by atoms with van der Waals surface area (Å²) in [6, 6.07) is 1.91. The molecule has 0 spiro atoms. The summed E-state index contributed by atoms with van der Waals surface area (Å²) in [6.07, 6.45) is 1.73. The molecule has 0 aliphatic carbocycles. The standard InChI is InChI=1S/C10H16ClNO3/c1-2-14-10(13)15-9(8-12)6-4-3-5-7-11/h9H,2-7H2,1H3. The predicted octanol–water partition coefficient (Wildman–Crippen LogP) is 2.85. The third kappa shape index (κ3) is 8.07. The van der Waals surface area contributed by atoms with E-state index in [4.69, 9.17) is 21.6 Å². The second-order valence-corrected chi connectivity index (χ2v) is 3.33. The molecule has 5 heteroatoms. The van der Waals surface area contributed by atoms with Crippen LogP contribution in [-0.2, 0) is 9.47 Å². The molecule has 0 heterocycles. The van der Waals surface area contributed by atoms with Crippen molar-refractivity contribution in [2.45, 2.75) is 38.7 Å². The molecule has 0 bridgehead atoms. The smallest absolute Gasteiger partial charge is 0.435 e. The van der Waals surface area contributed by atoms with Gasteiger partial charge in [-0.15, -0.1) is 11.6 Å². The molecule has 0 rings (SSSR count). The first kappa shape index (κ1) is 14.1. The Bertz CT molecular complexity index is 215. The van der Waals surface area contributed by atoms with Crippen LogP contribution in [0.5, 0.6) is 0 Å². The maximum absolute atomic E-state index is 10.9. The first-order chi connectivity index (χ1) is 7.24. The minimum Gasteiger partial charge on any atom is -0.435 e. The summed E-state index contributed by atoms with van der Waals surface area (Å²) in [5, 5.41) is 8.69. The third-order valence-electron chi connectivity index (χ3n) is 1.74. The van der Waals surface area contributed by atoms with Crippen LogP contribution in [0.25, 0.3) is 0 Å². The third-order valence-corrected chi connectivity index (χ3v) is 2.01. The number of ether oxygens (including phenoxy) is 2. The normalized spacial score (nSPS) is 11.5. The number of carbonyl (C=O) groups excluding carboxylic acids is 1. The van der Waals surface area contributed by atoms with Crippen LogP contribution < -0.4 is 0 Å². The first-order valence-corrected chi connectivity index (χ1v) is 5.57. The summed E-state index contributed by atoms with van der Waals surface area (Å²) in [6.45, 7) is 1.94. The van der Waals surface area contributed by atoms with Gasteiger partial charge in [-0.2, -0.15) is 5.26 Å². The van der Waals surface area contributed by atoms with Gasteiger partial charge in [0, 0.05) is 5.88 Å². The number of alkyl halides is 1. The fraction of sp³-hybridized carbons (Fsp3) is 0.800. The molecule has 0 saturated heterocycles. The lowest BCUT2D eigenvalue weighted by atomic mass is 10.1. The summed E-state index contributed by atoms with van der Waals surface area (Å²) in [5.41, 5.74) is 0. The summed E-state index contributed by atoms with van der Waals surface area (Å²) < 4.78 is 9.33. The van der Waals surface area contributed by atoms with Crippen molar-refractivity contribution in [1.82, 2.24) is 0 Å². The lowest BCUT2D eigenvalue weighted by molar-refractivity contribution is 0.0397. The fourth-order valence-electron chi connectivity index (χ4n) is 1.02. The lowest BCUT2D eigenvalue weighted by Gasteiger charge is -2.09. The van der Waals surface area contributed by atoms with Crippen molar-refractivity contribution in [3.63, 3.8) is 0 Å². The second-order valence-electron chi connectivity index (χ2n) is 2.96. The topological polar surface area (TPSA) is 59.3 Å². The molecule has 0 N–H and O–H groups in total. The van der Waals surface area contributed by atoms with E-state index in [2.05, 4.69) is 4.74 Å². The van der Waals surface area contributed by atoms with E-state index in [-0.39, 0.29) is 6.61 Å². The number of rotatable bonds is 7. The van der Waals surface area contributed by atoms with Crippen molar-refractivity contribution in [2.24, 2.45) is 0 Å². The molecule has 0 amide bonds. The number of halogens is 1. The highest BCUT2D eigenvalue weighted by Crippen LogP contribution is 2.07. The zero-order chi connectivity index (χ0) is 11.5. The van der Waals surface area contributed by atoms with Crippen molar-refractivity contribution >= 4 is 17.8 Å². The van der Waals surface area contributed by atoms with Gasteiger partial charge >= 0.3 is 6.16 Å². The van der Waals surface area contributed by atoms with Gasteiger partial charge in [0.25, 0.3) is 0 Å². The van der Waals surface area contributed by atoms with E-state index in [0.717, 1.165) is 19.3 Å². The fourth-order valence-corrected chi connectivity index (χ4v) is 1.21. The van der Waals surface area contributed by atoms with E-state index in [9.17, 15) is 4.79 Å². The van der Waals surface area contributed by atoms with Crippen molar-refractivity contribution in [1.29, 1.82) is 5.26 Å². The molecule has 1 atom stereocenters. The predicted molar refractivity (Wildman–Crippen MR) is 56.7 cm³/mol. The molecule has 0 aromatic rings. The number of carbonyl (C=O) groups is 1. The van der Waals surface area contributed by atoms with Crippen LogP contribution in [0.2, 0.25) is 0 Å². The summed E-state index contributed by atoms with van der Waals surface area (Å²) >= 11 is 5.51. The number of nitrogens with zero attached hydrogens (tertiary/aromatic N) is 1. The quantitative estimate of drug-likeness (QED) is 0.385. The zero-order valence-electron chi connectivity index (χ0n) is 8.87. The molecular weight excluding hydrogens is 218 g/mol. The molecule has 86 valence electrons. The van der Waals surface area contributed by atoms with Crippen LogP contribution in [0.1, 0.15) is 32.6 Å². The molecule has 0 saturated carbocycles. The van der Waals surface area contributed by atoms with Gasteiger partial charge in [-0.25, -0.2) is 4.79 Å². The molecule has 15 heavy (non-hydrogen) atoms. The average molecular weight is 234 g/mol. The van der Waals surface area contributed by atoms with Gasteiger partial charge in [0.2, 0.25) is 0 Å². The Kier molecular flexibility index (Phi) is 8.99. The number of hydrogen-bond acceptors (Lipinski definition) is 4. The van der Waals surface area contributed by atoms with E-state index in [1.807, 2.05) is 6.07 Å². The summed E-state index contributed by atoms with van der Waals surface area (Å²) in [4.78, 5) is 10.9.